The molecule has 2 aromatic rings. The van der Waals surface area contributed by atoms with Crippen LogP contribution in [0.3, 0.4) is 0 Å². The zero-order valence-electron chi connectivity index (χ0n) is 18.9. The summed E-state index contributed by atoms with van der Waals surface area (Å²) in [7, 11) is -5.55. The van der Waals surface area contributed by atoms with Crippen LogP contribution >= 0.6 is 0 Å². The monoisotopic (exact) mass is 443 g/mol. The fourth-order valence-corrected chi connectivity index (χ4v) is 5.11. The van der Waals surface area contributed by atoms with Gasteiger partial charge in [-0.1, -0.05) is 50.6 Å². The zero-order chi connectivity index (χ0) is 22.6. The lowest BCUT2D eigenvalue weighted by Crippen LogP contribution is -2.43. The topological polar surface area (TPSA) is 46.6 Å². The van der Waals surface area contributed by atoms with Gasteiger partial charge in [-0.15, -0.1) is 12.3 Å². The van der Waals surface area contributed by atoms with E-state index in [9.17, 15) is 8.42 Å². The Hall–Kier alpha value is -2.07. The molecule has 2 aromatic carbocycles. The number of sulfonamides is 1. The van der Waals surface area contributed by atoms with Gasteiger partial charge in [0.1, 0.15) is 5.75 Å². The summed E-state index contributed by atoms with van der Waals surface area (Å²) in [4.78, 5) is 0.281. The molecule has 0 aliphatic heterocycles. The molecule has 0 radical (unpaired) electrons. The van der Waals surface area contributed by atoms with Crippen molar-refractivity contribution < 1.29 is 12.8 Å². The van der Waals surface area contributed by atoms with Gasteiger partial charge in [-0.3, -0.25) is 0 Å². The Bertz CT molecular complexity index is 983. The average molecular weight is 444 g/mol. The summed E-state index contributed by atoms with van der Waals surface area (Å²) in [6, 6.07) is 14.6. The highest BCUT2D eigenvalue weighted by Gasteiger charge is 2.38. The lowest BCUT2D eigenvalue weighted by molar-refractivity contribution is 0.413. The summed E-state index contributed by atoms with van der Waals surface area (Å²) in [6.45, 7) is 13.5. The van der Waals surface area contributed by atoms with E-state index in [1.165, 1.54) is 4.31 Å². The molecule has 30 heavy (non-hydrogen) atoms. The van der Waals surface area contributed by atoms with Gasteiger partial charge in [0, 0.05) is 19.5 Å². The molecule has 0 amide bonds. The van der Waals surface area contributed by atoms with Crippen LogP contribution in [0.25, 0.3) is 0 Å². The first-order chi connectivity index (χ1) is 13.9. The normalized spacial score (nSPS) is 12.6. The zero-order valence-corrected chi connectivity index (χ0v) is 20.7. The highest BCUT2D eigenvalue weighted by molar-refractivity contribution is 7.89. The molecule has 162 valence electrons. The van der Waals surface area contributed by atoms with E-state index in [1.54, 1.807) is 24.3 Å². The summed E-state index contributed by atoms with van der Waals surface area (Å²) in [6.07, 6.45) is 5.76. The van der Waals surface area contributed by atoms with Crippen molar-refractivity contribution in [1.29, 1.82) is 0 Å². The van der Waals surface area contributed by atoms with Crippen molar-refractivity contribution in [3.63, 3.8) is 0 Å². The smallest absolute Gasteiger partial charge is 0.250 e. The molecule has 0 aliphatic rings. The summed E-state index contributed by atoms with van der Waals surface area (Å²) in [5.74, 6) is 3.37. The van der Waals surface area contributed by atoms with Crippen LogP contribution in [0.4, 0.5) is 0 Å². The van der Waals surface area contributed by atoms with Crippen LogP contribution in [0.2, 0.25) is 18.1 Å². The van der Waals surface area contributed by atoms with Gasteiger partial charge >= 0.3 is 0 Å². The predicted molar refractivity (Wildman–Crippen MR) is 126 cm³/mol. The van der Waals surface area contributed by atoms with Gasteiger partial charge in [-0.05, 0) is 54.9 Å². The molecule has 0 spiro atoms. The largest absolute Gasteiger partial charge is 0.544 e. The molecule has 0 saturated carbocycles. The third-order valence-corrected chi connectivity index (χ3v) is 11.8. The van der Waals surface area contributed by atoms with E-state index in [4.69, 9.17) is 10.8 Å². The van der Waals surface area contributed by atoms with Gasteiger partial charge < -0.3 is 4.43 Å². The number of hydrogen-bond acceptors (Lipinski definition) is 3. The molecule has 0 aromatic heterocycles. The second kappa shape index (κ2) is 9.38. The highest BCUT2D eigenvalue weighted by atomic mass is 32.2. The van der Waals surface area contributed by atoms with Crippen molar-refractivity contribution in [2.24, 2.45) is 0 Å². The average Bonchev–Trinajstić information content (AvgIpc) is 2.65. The van der Waals surface area contributed by atoms with Gasteiger partial charge in [-0.25, -0.2) is 8.42 Å². The molecular weight excluding hydrogens is 410 g/mol. The third-order valence-electron chi connectivity index (χ3n) is 5.63. The van der Waals surface area contributed by atoms with E-state index in [0.29, 0.717) is 6.42 Å². The van der Waals surface area contributed by atoms with E-state index >= 15 is 0 Å². The Labute approximate surface area is 183 Å². The van der Waals surface area contributed by atoms with Gasteiger partial charge in [-0.2, -0.15) is 4.31 Å². The summed E-state index contributed by atoms with van der Waals surface area (Å²) in [5.41, 5.74) is 1.91. The molecule has 0 heterocycles. The number of hydrogen-bond donors (Lipinski definition) is 0. The van der Waals surface area contributed by atoms with Crippen LogP contribution < -0.4 is 4.43 Å². The summed E-state index contributed by atoms with van der Waals surface area (Å²) >= 11 is 0. The van der Waals surface area contributed by atoms with Gasteiger partial charge in [0.25, 0.3) is 0 Å². The molecule has 0 N–H and O–H groups in total. The second-order valence-corrected chi connectivity index (χ2v) is 15.8. The number of nitrogens with zero attached hydrogens (tertiary/aromatic N) is 1. The number of benzene rings is 2. The second-order valence-electron chi connectivity index (χ2n) is 9.11. The Morgan fingerprint density at radius 2 is 1.60 bits per heavy atom. The van der Waals surface area contributed by atoms with Crippen molar-refractivity contribution in [2.45, 2.75) is 63.7 Å². The molecule has 0 bridgehead atoms. The molecule has 0 unspecified atom stereocenters. The van der Waals surface area contributed by atoms with Crippen LogP contribution in [-0.2, 0) is 16.6 Å². The molecule has 4 nitrogen and oxygen atoms in total. The van der Waals surface area contributed by atoms with Crippen LogP contribution in [0.5, 0.6) is 5.75 Å². The summed E-state index contributed by atoms with van der Waals surface area (Å²) in [5, 5.41) is 0.111. The summed E-state index contributed by atoms with van der Waals surface area (Å²) < 4.78 is 34.1. The molecular formula is C24H33NO3SSi. The van der Waals surface area contributed by atoms with Crippen LogP contribution in [0.1, 0.15) is 38.3 Å². The quantitative estimate of drug-likeness (QED) is 0.394. The van der Waals surface area contributed by atoms with Crippen molar-refractivity contribution in [3.05, 3.63) is 59.7 Å². The van der Waals surface area contributed by atoms with Crippen molar-refractivity contribution in [2.75, 3.05) is 6.54 Å². The number of terminal acetylenes is 1. The maximum absolute atomic E-state index is 13.2. The minimum Gasteiger partial charge on any atom is -0.544 e. The van der Waals surface area contributed by atoms with Gasteiger partial charge in [0.2, 0.25) is 18.3 Å². The SMILES string of the molecule is C#CCCN(Cc1ccc(O[Si](C)(C)C(C)(C)C)cc1)S(=O)(=O)c1ccc(C)cc1. The molecule has 2 rings (SSSR count). The molecule has 0 aliphatic carbocycles. The van der Waals surface area contributed by atoms with Crippen LogP contribution in [0.15, 0.2) is 53.4 Å². The molecule has 6 heteroatoms. The Morgan fingerprint density at radius 1 is 1.03 bits per heavy atom. The van der Waals surface area contributed by atoms with Crippen molar-refractivity contribution in [1.82, 2.24) is 4.31 Å². The van der Waals surface area contributed by atoms with Crippen molar-refractivity contribution in [3.8, 4) is 18.1 Å². The minimum absolute atomic E-state index is 0.111. The third kappa shape index (κ3) is 5.97. The van der Waals surface area contributed by atoms with E-state index in [0.717, 1.165) is 16.9 Å². The number of rotatable bonds is 8. The lowest BCUT2D eigenvalue weighted by atomic mass is 10.2. The molecule has 0 atom stereocenters. The Morgan fingerprint density at radius 3 is 2.10 bits per heavy atom. The first-order valence-electron chi connectivity index (χ1n) is 10.1. The Balaban J connectivity index is 2.23. The van der Waals surface area contributed by atoms with Crippen LogP contribution in [-0.4, -0.2) is 27.6 Å². The van der Waals surface area contributed by atoms with E-state index in [2.05, 4.69) is 39.8 Å². The van der Waals surface area contributed by atoms with E-state index < -0.39 is 18.3 Å². The highest BCUT2D eigenvalue weighted by Crippen LogP contribution is 2.37. The van der Waals surface area contributed by atoms with E-state index in [-0.39, 0.29) is 23.0 Å². The van der Waals surface area contributed by atoms with Crippen LogP contribution in [0, 0.1) is 19.3 Å². The maximum Gasteiger partial charge on any atom is 0.250 e. The maximum atomic E-state index is 13.2. The standard InChI is InChI=1S/C24H33NO3SSi/c1-8-9-18-25(29(26,27)23-16-10-20(2)11-17-23)19-21-12-14-22(15-13-21)28-30(6,7)24(3,4)5/h1,10-17H,9,18-19H2,2-7H3. The van der Waals surface area contributed by atoms with Crippen molar-refractivity contribution >= 4 is 18.3 Å². The Kier molecular flexibility index (Phi) is 7.57. The van der Waals surface area contributed by atoms with Gasteiger partial charge in [0.05, 0.1) is 4.90 Å². The molecule has 0 saturated heterocycles. The van der Waals surface area contributed by atoms with Gasteiger partial charge in [0.15, 0.2) is 0 Å². The fourth-order valence-electron chi connectivity index (χ4n) is 2.65. The first kappa shape index (κ1) is 24.2. The minimum atomic E-state index is -3.63. The fraction of sp³-hybridized carbons (Fsp3) is 0.417. The predicted octanol–water partition coefficient (Wildman–Crippen LogP) is 5.59. The lowest BCUT2D eigenvalue weighted by Gasteiger charge is -2.36. The van der Waals surface area contributed by atoms with E-state index in [1.807, 2.05) is 31.2 Å². The number of aryl methyl sites for hydroxylation is 1. The molecule has 0 fully saturated rings. The first-order valence-corrected chi connectivity index (χ1v) is 14.5.